The second-order valence-electron chi connectivity index (χ2n) is 5.57. The van der Waals surface area contributed by atoms with Crippen molar-refractivity contribution >= 4 is 27.4 Å². The Morgan fingerprint density at radius 2 is 1.83 bits per heavy atom. The van der Waals surface area contributed by atoms with Crippen molar-refractivity contribution in [3.8, 4) is 0 Å². The molecule has 2 aromatic carbocycles. The Labute approximate surface area is 147 Å². The van der Waals surface area contributed by atoms with Crippen LogP contribution >= 0.6 is 11.6 Å². The number of nitrogens with one attached hydrogen (secondary N) is 1. The molecule has 24 heavy (non-hydrogen) atoms. The highest BCUT2D eigenvalue weighted by Gasteiger charge is 2.14. The molecule has 0 fully saturated rings. The van der Waals surface area contributed by atoms with Crippen LogP contribution in [-0.2, 0) is 16.4 Å². The van der Waals surface area contributed by atoms with E-state index >= 15 is 0 Å². The van der Waals surface area contributed by atoms with Gasteiger partial charge in [0, 0.05) is 17.1 Å². The van der Waals surface area contributed by atoms with Gasteiger partial charge in [0.2, 0.25) is 10.0 Å². The lowest BCUT2D eigenvalue weighted by Gasteiger charge is -2.08. The van der Waals surface area contributed by atoms with E-state index in [4.69, 9.17) is 11.6 Å². The van der Waals surface area contributed by atoms with E-state index < -0.39 is 10.0 Å². The molecule has 0 amide bonds. The first-order valence-corrected chi connectivity index (χ1v) is 9.60. The Morgan fingerprint density at radius 3 is 2.54 bits per heavy atom. The second-order valence-corrected chi connectivity index (χ2v) is 7.77. The van der Waals surface area contributed by atoms with Gasteiger partial charge in [-0.1, -0.05) is 35.9 Å². The van der Waals surface area contributed by atoms with Crippen molar-refractivity contribution in [1.29, 1.82) is 0 Å². The first-order valence-electron chi connectivity index (χ1n) is 7.73. The molecule has 0 unspecified atom stereocenters. The predicted octanol–water partition coefficient (Wildman–Crippen LogP) is 3.84. The molecule has 0 spiro atoms. The Kier molecular flexibility index (Phi) is 6.54. The molecule has 1 N–H and O–H groups in total. The number of hydrogen-bond acceptors (Lipinski definition) is 3. The summed E-state index contributed by atoms with van der Waals surface area (Å²) in [4.78, 5) is 11.5. The predicted molar refractivity (Wildman–Crippen MR) is 96.0 cm³/mol. The van der Waals surface area contributed by atoms with E-state index in [2.05, 4.69) is 4.72 Å². The summed E-state index contributed by atoms with van der Waals surface area (Å²) < 4.78 is 27.1. The fourth-order valence-corrected chi connectivity index (χ4v) is 3.65. The van der Waals surface area contributed by atoms with E-state index in [0.717, 1.165) is 24.8 Å². The number of halogens is 1. The monoisotopic (exact) mass is 365 g/mol. The number of sulfonamides is 1. The fraction of sp³-hybridized carbons (Fsp3) is 0.278. The van der Waals surface area contributed by atoms with Crippen LogP contribution in [0.25, 0.3) is 0 Å². The number of rotatable bonds is 8. The molecular formula is C18H20ClNO3S. The maximum Gasteiger partial charge on any atom is 0.240 e. The maximum absolute atomic E-state index is 12.2. The summed E-state index contributed by atoms with van der Waals surface area (Å²) in [6.45, 7) is 1.77. The molecule has 0 aliphatic rings. The molecule has 0 heterocycles. The highest BCUT2D eigenvalue weighted by Crippen LogP contribution is 2.14. The minimum atomic E-state index is -3.59. The second kappa shape index (κ2) is 8.42. The molecule has 128 valence electrons. The van der Waals surface area contributed by atoms with Crippen LogP contribution in [0.1, 0.15) is 35.7 Å². The van der Waals surface area contributed by atoms with Crippen LogP contribution in [0.5, 0.6) is 0 Å². The van der Waals surface area contributed by atoms with Crippen molar-refractivity contribution in [2.24, 2.45) is 0 Å². The summed E-state index contributed by atoms with van der Waals surface area (Å²) in [5, 5.41) is 0.707. The van der Waals surface area contributed by atoms with Crippen molar-refractivity contribution in [2.75, 3.05) is 6.54 Å². The normalized spacial score (nSPS) is 11.4. The fourth-order valence-electron chi connectivity index (χ4n) is 2.32. The van der Waals surface area contributed by atoms with Crippen molar-refractivity contribution in [3.05, 3.63) is 64.7 Å². The molecule has 0 radical (unpaired) electrons. The molecule has 0 atom stereocenters. The molecule has 2 aromatic rings. The third-order valence-electron chi connectivity index (χ3n) is 3.62. The zero-order valence-electron chi connectivity index (χ0n) is 13.5. The smallest absolute Gasteiger partial charge is 0.240 e. The Balaban J connectivity index is 1.85. The van der Waals surface area contributed by atoms with E-state index in [1.165, 1.54) is 19.1 Å². The third-order valence-corrected chi connectivity index (χ3v) is 5.32. The number of hydrogen-bond donors (Lipinski definition) is 1. The Bertz CT molecular complexity index is 819. The van der Waals surface area contributed by atoms with E-state index in [0.29, 0.717) is 17.1 Å². The first-order chi connectivity index (χ1) is 11.4. The number of carbonyl (C=O) groups is 1. The number of carbonyl (C=O) groups excluding carboxylic acids is 1. The Hall–Kier alpha value is -1.69. The molecule has 0 saturated carbocycles. The molecule has 6 heteroatoms. The molecule has 4 nitrogen and oxygen atoms in total. The van der Waals surface area contributed by atoms with Crippen LogP contribution in [0.4, 0.5) is 0 Å². The van der Waals surface area contributed by atoms with Gasteiger partial charge in [0.15, 0.2) is 5.78 Å². The SMILES string of the molecule is CC(=O)c1cccc(S(=O)(=O)NCCCCc2cccc(Cl)c2)c1. The number of unbranched alkanes of at least 4 members (excludes halogenated alkanes) is 1. The summed E-state index contributed by atoms with van der Waals surface area (Å²) in [7, 11) is -3.59. The van der Waals surface area contributed by atoms with Gasteiger partial charge in [-0.15, -0.1) is 0 Å². The quantitative estimate of drug-likeness (QED) is 0.571. The lowest BCUT2D eigenvalue weighted by atomic mass is 10.1. The first kappa shape index (κ1) is 18.6. The van der Waals surface area contributed by atoms with Gasteiger partial charge >= 0.3 is 0 Å². The van der Waals surface area contributed by atoms with E-state index in [-0.39, 0.29) is 10.7 Å². The molecule has 0 aliphatic carbocycles. The van der Waals surface area contributed by atoms with Crippen molar-refractivity contribution < 1.29 is 13.2 Å². The Morgan fingerprint density at radius 1 is 1.08 bits per heavy atom. The van der Waals surface area contributed by atoms with Crippen LogP contribution < -0.4 is 4.72 Å². The zero-order chi connectivity index (χ0) is 17.6. The summed E-state index contributed by atoms with van der Waals surface area (Å²) in [6.07, 6.45) is 2.43. The van der Waals surface area contributed by atoms with Crippen molar-refractivity contribution in [2.45, 2.75) is 31.1 Å². The van der Waals surface area contributed by atoms with Gasteiger partial charge in [-0.25, -0.2) is 13.1 Å². The number of benzene rings is 2. The van der Waals surface area contributed by atoms with E-state index in [1.807, 2.05) is 24.3 Å². The van der Waals surface area contributed by atoms with Crippen LogP contribution in [0.15, 0.2) is 53.4 Å². The minimum Gasteiger partial charge on any atom is -0.295 e. The molecular weight excluding hydrogens is 346 g/mol. The number of ketones is 1. The lowest BCUT2D eigenvalue weighted by molar-refractivity contribution is 0.101. The molecule has 0 aliphatic heterocycles. The average molecular weight is 366 g/mol. The van der Waals surface area contributed by atoms with E-state index in [1.54, 1.807) is 12.1 Å². The topological polar surface area (TPSA) is 63.2 Å². The molecule has 0 bridgehead atoms. The highest BCUT2D eigenvalue weighted by molar-refractivity contribution is 7.89. The number of aryl methyl sites for hydroxylation is 1. The highest BCUT2D eigenvalue weighted by atomic mass is 35.5. The maximum atomic E-state index is 12.2. The third kappa shape index (κ3) is 5.44. The summed E-state index contributed by atoms with van der Waals surface area (Å²) in [6, 6.07) is 13.7. The van der Waals surface area contributed by atoms with Crippen LogP contribution in [-0.4, -0.2) is 20.7 Å². The number of Topliss-reactive ketones (excluding diaryl/α,β-unsaturated/α-hetero) is 1. The van der Waals surface area contributed by atoms with Crippen LogP contribution in [0.3, 0.4) is 0 Å². The largest absolute Gasteiger partial charge is 0.295 e. The lowest BCUT2D eigenvalue weighted by Crippen LogP contribution is -2.25. The van der Waals surface area contributed by atoms with Gasteiger partial charge in [-0.2, -0.15) is 0 Å². The van der Waals surface area contributed by atoms with E-state index in [9.17, 15) is 13.2 Å². The summed E-state index contributed by atoms with van der Waals surface area (Å²) in [5.74, 6) is -0.159. The van der Waals surface area contributed by atoms with Gasteiger partial charge < -0.3 is 0 Å². The summed E-state index contributed by atoms with van der Waals surface area (Å²) in [5.41, 5.74) is 1.53. The van der Waals surface area contributed by atoms with Crippen LogP contribution in [0, 0.1) is 0 Å². The minimum absolute atomic E-state index is 0.116. The zero-order valence-corrected chi connectivity index (χ0v) is 15.0. The van der Waals surface area contributed by atoms with Gasteiger partial charge in [0.1, 0.15) is 0 Å². The van der Waals surface area contributed by atoms with Crippen molar-refractivity contribution in [3.63, 3.8) is 0 Å². The van der Waals surface area contributed by atoms with Gasteiger partial charge in [0.25, 0.3) is 0 Å². The van der Waals surface area contributed by atoms with Crippen LogP contribution in [0.2, 0.25) is 5.02 Å². The molecule has 0 saturated heterocycles. The van der Waals surface area contributed by atoms with Gasteiger partial charge in [0.05, 0.1) is 4.90 Å². The van der Waals surface area contributed by atoms with Gasteiger partial charge in [-0.3, -0.25) is 4.79 Å². The molecule has 0 aromatic heterocycles. The van der Waals surface area contributed by atoms with Crippen molar-refractivity contribution in [1.82, 2.24) is 4.72 Å². The average Bonchev–Trinajstić information content (AvgIpc) is 2.54. The molecule has 2 rings (SSSR count). The van der Waals surface area contributed by atoms with Gasteiger partial charge in [-0.05, 0) is 56.0 Å². The summed E-state index contributed by atoms with van der Waals surface area (Å²) >= 11 is 5.93. The standard InChI is InChI=1S/C18H20ClNO3S/c1-14(21)16-8-5-10-18(13-16)24(22,23)20-11-3-2-6-15-7-4-9-17(19)12-15/h4-5,7-10,12-13,20H,2-3,6,11H2,1H3.